The number of hydrogen-bond donors (Lipinski definition) is 0. The maximum absolute atomic E-state index is 8.25. The normalized spacial score (nSPS) is 11.5. The zero-order chi connectivity index (χ0) is 33.5. The highest BCUT2D eigenvalue weighted by Gasteiger charge is 2.25. The molecule has 0 amide bonds. The minimum Gasteiger partial charge on any atom is -0.356 e. The molecule has 0 unspecified atom stereocenters. The quantitative estimate of drug-likeness (QED) is 0.0296. The van der Waals surface area contributed by atoms with Crippen LogP contribution >= 0.6 is 0 Å². The van der Waals surface area contributed by atoms with Crippen LogP contribution in [0.15, 0.2) is 0 Å². The highest BCUT2D eigenvalue weighted by molar-refractivity contribution is 4.55. The van der Waals surface area contributed by atoms with Crippen LogP contribution in [0.4, 0.5) is 0 Å². The van der Waals surface area contributed by atoms with Crippen molar-refractivity contribution in [3.05, 3.63) is 15.3 Å². The van der Waals surface area contributed by atoms with Crippen molar-refractivity contribution < 1.29 is 9.57 Å². The number of unbranched alkanes of at least 4 members (excludes halogenated alkanes) is 28. The average molecular weight is 641 g/mol. The molecule has 0 saturated carbocycles. The van der Waals surface area contributed by atoms with E-state index in [1.165, 1.54) is 236 Å². The van der Waals surface area contributed by atoms with Gasteiger partial charge in [-0.1, -0.05) is 182 Å². The van der Waals surface area contributed by atoms with Crippen LogP contribution in [0.5, 0.6) is 0 Å². The first-order valence-corrected chi connectivity index (χ1v) is 20.6. The predicted octanol–water partition coefficient (Wildman–Crippen LogP) is 14.1. The predicted molar refractivity (Wildman–Crippen MR) is 201 cm³/mol. The van der Waals surface area contributed by atoms with Gasteiger partial charge < -0.3 is 19.8 Å². The van der Waals surface area contributed by atoms with Crippen LogP contribution in [0.3, 0.4) is 0 Å². The van der Waals surface area contributed by atoms with Gasteiger partial charge in [0.15, 0.2) is 0 Å². The van der Waals surface area contributed by atoms with Gasteiger partial charge in [-0.05, 0) is 51.4 Å². The van der Waals surface area contributed by atoms with Gasteiger partial charge in [-0.3, -0.25) is 0 Å². The molecular formula is C40H84N2O3. The Kier molecular flexibility index (Phi) is 40.5. The molecule has 272 valence electrons. The molecule has 0 spiro atoms. The van der Waals surface area contributed by atoms with Crippen LogP contribution in [-0.4, -0.2) is 35.7 Å². The molecule has 0 radical (unpaired) electrons. The Morgan fingerprint density at radius 2 is 0.444 bits per heavy atom. The molecule has 0 aliphatic heterocycles. The van der Waals surface area contributed by atoms with Crippen LogP contribution < -0.4 is 0 Å². The van der Waals surface area contributed by atoms with Crippen LogP contribution in [0, 0.1) is 15.3 Å². The van der Waals surface area contributed by atoms with Crippen molar-refractivity contribution in [1.82, 2.24) is 0 Å². The summed E-state index contributed by atoms with van der Waals surface area (Å²) in [6.45, 7) is 15.3. The summed E-state index contributed by atoms with van der Waals surface area (Å²) in [6, 6.07) is 0. The largest absolute Gasteiger partial charge is 0.356 e. The SMILES string of the molecule is CCCCCCCCCCCCCCCC[N+](CCCCCCCC)(CCCCCCCC)CCCCCCCC.O=[N+]([O-])[O-]. The second kappa shape index (κ2) is 39.3. The molecule has 0 bridgehead atoms. The summed E-state index contributed by atoms with van der Waals surface area (Å²) >= 11 is 0. The van der Waals surface area contributed by atoms with Gasteiger partial charge in [-0.25, -0.2) is 0 Å². The number of quaternary nitrogens is 1. The van der Waals surface area contributed by atoms with Crippen LogP contribution in [0.1, 0.15) is 233 Å². The van der Waals surface area contributed by atoms with Gasteiger partial charge in [0, 0.05) is 0 Å². The molecule has 0 aliphatic carbocycles. The maximum Gasteiger partial charge on any atom is 0.0786 e. The molecule has 0 atom stereocenters. The van der Waals surface area contributed by atoms with E-state index in [2.05, 4.69) is 27.7 Å². The van der Waals surface area contributed by atoms with Gasteiger partial charge in [0.05, 0.1) is 31.3 Å². The second-order valence-corrected chi connectivity index (χ2v) is 14.4. The van der Waals surface area contributed by atoms with Crippen molar-refractivity contribution >= 4 is 0 Å². The van der Waals surface area contributed by atoms with E-state index in [-0.39, 0.29) is 0 Å². The third-order valence-electron chi connectivity index (χ3n) is 9.94. The first-order valence-electron chi connectivity index (χ1n) is 20.6. The van der Waals surface area contributed by atoms with Crippen molar-refractivity contribution in [3.63, 3.8) is 0 Å². The van der Waals surface area contributed by atoms with Crippen molar-refractivity contribution in [2.75, 3.05) is 26.2 Å². The topological polar surface area (TPSA) is 66.2 Å². The molecule has 45 heavy (non-hydrogen) atoms. The average Bonchev–Trinajstić information content (AvgIpc) is 3.02. The van der Waals surface area contributed by atoms with E-state index in [1.54, 1.807) is 0 Å². The molecule has 0 fully saturated rings. The molecule has 0 saturated heterocycles. The fraction of sp³-hybridized carbons (Fsp3) is 1.00. The summed E-state index contributed by atoms with van der Waals surface area (Å²) in [5.41, 5.74) is 0. The summed E-state index contributed by atoms with van der Waals surface area (Å²) < 4.78 is 1.48. The fourth-order valence-electron chi connectivity index (χ4n) is 7.00. The van der Waals surface area contributed by atoms with Gasteiger partial charge in [-0.15, -0.1) is 0 Å². The Morgan fingerprint density at radius 1 is 0.311 bits per heavy atom. The van der Waals surface area contributed by atoms with Crippen LogP contribution in [0.2, 0.25) is 0 Å². The lowest BCUT2D eigenvalue weighted by atomic mass is 10.0. The minimum absolute atomic E-state index is 1.37. The Hall–Kier alpha value is -0.840. The summed E-state index contributed by atoms with van der Waals surface area (Å²) in [6.07, 6.45) is 46.7. The number of nitrogens with zero attached hydrogens (tertiary/aromatic N) is 2. The van der Waals surface area contributed by atoms with Crippen molar-refractivity contribution in [2.24, 2.45) is 0 Å². The zero-order valence-corrected chi connectivity index (χ0v) is 31.6. The fourth-order valence-corrected chi connectivity index (χ4v) is 7.00. The van der Waals surface area contributed by atoms with E-state index < -0.39 is 5.09 Å². The molecule has 0 rings (SSSR count). The van der Waals surface area contributed by atoms with E-state index in [1.807, 2.05) is 0 Å². The Balaban J connectivity index is 0. The first kappa shape index (κ1) is 46.3. The van der Waals surface area contributed by atoms with Gasteiger partial charge in [0.2, 0.25) is 0 Å². The van der Waals surface area contributed by atoms with Crippen LogP contribution in [0.25, 0.3) is 0 Å². The van der Waals surface area contributed by atoms with Crippen LogP contribution in [-0.2, 0) is 0 Å². The maximum atomic E-state index is 8.25. The molecule has 0 heterocycles. The van der Waals surface area contributed by atoms with Crippen molar-refractivity contribution in [1.29, 1.82) is 0 Å². The first-order chi connectivity index (χ1) is 22.0. The molecular weight excluding hydrogens is 556 g/mol. The molecule has 0 aliphatic rings. The third kappa shape index (κ3) is 39.3. The summed E-state index contributed by atoms with van der Waals surface area (Å²) in [5, 5.41) is 14.8. The van der Waals surface area contributed by atoms with Gasteiger partial charge in [0.1, 0.15) is 0 Å². The monoisotopic (exact) mass is 641 g/mol. The molecule has 5 nitrogen and oxygen atoms in total. The van der Waals surface area contributed by atoms with Crippen molar-refractivity contribution in [3.8, 4) is 0 Å². The van der Waals surface area contributed by atoms with Crippen molar-refractivity contribution in [2.45, 2.75) is 233 Å². The lowest BCUT2D eigenvalue weighted by Gasteiger charge is -2.40. The Labute approximate surface area is 283 Å². The lowest BCUT2D eigenvalue weighted by molar-refractivity contribution is -0.929. The zero-order valence-electron chi connectivity index (χ0n) is 31.6. The molecule has 0 N–H and O–H groups in total. The van der Waals surface area contributed by atoms with Gasteiger partial charge >= 0.3 is 0 Å². The van der Waals surface area contributed by atoms with Gasteiger partial charge in [0.25, 0.3) is 0 Å². The summed E-state index contributed by atoms with van der Waals surface area (Å²) in [4.78, 5) is 8.25. The standard InChI is InChI=1S/C40H84N.NO3/c1-5-9-13-17-21-22-23-24-25-26-27-28-32-36-40-41(37-33-29-18-14-10-6-2,38-34-30-19-15-11-7-3)39-35-31-20-16-12-8-4;2-1(3)4/h5-40H2,1-4H3;/q+1;-1. The number of rotatable bonds is 36. The highest BCUT2D eigenvalue weighted by atomic mass is 16.9. The Morgan fingerprint density at radius 3 is 0.600 bits per heavy atom. The molecule has 0 aromatic heterocycles. The second-order valence-electron chi connectivity index (χ2n) is 14.4. The van der Waals surface area contributed by atoms with E-state index >= 15 is 0 Å². The third-order valence-corrected chi connectivity index (χ3v) is 9.94. The van der Waals surface area contributed by atoms with E-state index in [9.17, 15) is 0 Å². The van der Waals surface area contributed by atoms with E-state index in [0.29, 0.717) is 0 Å². The number of hydrogen-bond acceptors (Lipinski definition) is 3. The Bertz CT molecular complexity index is 513. The smallest absolute Gasteiger partial charge is 0.0786 e. The minimum atomic E-state index is -1.75. The van der Waals surface area contributed by atoms with Gasteiger partial charge in [-0.2, -0.15) is 0 Å². The highest BCUT2D eigenvalue weighted by Crippen LogP contribution is 2.21. The molecule has 0 aromatic rings. The van der Waals surface area contributed by atoms with E-state index in [4.69, 9.17) is 15.3 Å². The molecule has 0 aromatic carbocycles. The molecule has 5 heteroatoms. The summed E-state index contributed by atoms with van der Waals surface area (Å²) in [7, 11) is 0. The summed E-state index contributed by atoms with van der Waals surface area (Å²) in [5.74, 6) is 0. The lowest BCUT2D eigenvalue weighted by Crippen LogP contribution is -2.50. The van der Waals surface area contributed by atoms with E-state index in [0.717, 1.165) is 0 Å².